The Labute approximate surface area is 149 Å². The van der Waals surface area contributed by atoms with Crippen LogP contribution in [0, 0.1) is 12.7 Å². The molecule has 0 aliphatic carbocycles. The lowest BCUT2D eigenvalue weighted by Crippen LogP contribution is -2.41. The monoisotopic (exact) mass is 342 g/mol. The van der Waals surface area contributed by atoms with Crippen LogP contribution >= 0.6 is 0 Å². The smallest absolute Gasteiger partial charge is 0.489 e. The Morgan fingerprint density at radius 2 is 1.64 bits per heavy atom. The Balaban J connectivity index is 1.79. The molecule has 2 aromatic carbocycles. The maximum absolute atomic E-state index is 13.7. The molecule has 1 saturated heterocycles. The summed E-state index contributed by atoms with van der Waals surface area (Å²) in [6.45, 7) is 10.2. The highest BCUT2D eigenvalue weighted by Crippen LogP contribution is 2.36. The van der Waals surface area contributed by atoms with Gasteiger partial charge in [0.15, 0.2) is 0 Å². The second-order valence-corrected chi connectivity index (χ2v) is 7.49. The molecular formula is C20H24BFO3. The molecule has 132 valence electrons. The summed E-state index contributed by atoms with van der Waals surface area (Å²) >= 11 is 0. The van der Waals surface area contributed by atoms with Gasteiger partial charge in [-0.05, 0) is 57.3 Å². The zero-order chi connectivity index (χ0) is 18.2. The van der Waals surface area contributed by atoms with E-state index in [2.05, 4.69) is 0 Å². The molecule has 1 fully saturated rings. The van der Waals surface area contributed by atoms with Gasteiger partial charge < -0.3 is 14.0 Å². The molecule has 0 unspecified atom stereocenters. The number of ether oxygens (including phenoxy) is 1. The fraction of sp³-hybridized carbons (Fsp3) is 0.400. The van der Waals surface area contributed by atoms with Crippen LogP contribution in [0.2, 0.25) is 0 Å². The van der Waals surface area contributed by atoms with Crippen molar-refractivity contribution in [2.45, 2.75) is 52.4 Å². The first-order valence-electron chi connectivity index (χ1n) is 8.52. The van der Waals surface area contributed by atoms with Crippen LogP contribution in [0.4, 0.5) is 4.39 Å². The Hall–Kier alpha value is -1.85. The summed E-state index contributed by atoms with van der Waals surface area (Å²) in [7, 11) is -0.445. The first kappa shape index (κ1) is 18.0. The van der Waals surface area contributed by atoms with Gasteiger partial charge in [0.1, 0.15) is 18.2 Å². The minimum atomic E-state index is -0.445. The first-order valence-corrected chi connectivity index (χ1v) is 8.52. The highest BCUT2D eigenvalue weighted by molar-refractivity contribution is 6.62. The third-order valence-electron chi connectivity index (χ3n) is 5.10. The molecule has 3 rings (SSSR count). The van der Waals surface area contributed by atoms with Crippen molar-refractivity contribution < 1.29 is 18.4 Å². The molecule has 2 aromatic rings. The summed E-state index contributed by atoms with van der Waals surface area (Å²) < 4.78 is 31.7. The van der Waals surface area contributed by atoms with Crippen molar-refractivity contribution in [2.24, 2.45) is 0 Å². The van der Waals surface area contributed by atoms with Crippen LogP contribution < -0.4 is 10.2 Å². The Kier molecular flexibility index (Phi) is 4.65. The molecule has 1 aliphatic heterocycles. The van der Waals surface area contributed by atoms with Crippen LogP contribution in [-0.2, 0) is 15.9 Å². The summed E-state index contributed by atoms with van der Waals surface area (Å²) in [6, 6.07) is 12.8. The third-order valence-corrected chi connectivity index (χ3v) is 5.10. The maximum atomic E-state index is 13.7. The van der Waals surface area contributed by atoms with Gasteiger partial charge in [-0.1, -0.05) is 30.3 Å². The van der Waals surface area contributed by atoms with Crippen molar-refractivity contribution in [1.29, 1.82) is 0 Å². The minimum absolute atomic E-state index is 0.267. The van der Waals surface area contributed by atoms with Gasteiger partial charge >= 0.3 is 7.12 Å². The summed E-state index contributed by atoms with van der Waals surface area (Å²) in [4.78, 5) is 0. The second-order valence-electron chi connectivity index (χ2n) is 7.49. The van der Waals surface area contributed by atoms with E-state index >= 15 is 0 Å². The molecule has 0 aromatic heterocycles. The predicted octanol–water partition coefficient (Wildman–Crippen LogP) is 4.01. The largest absolute Gasteiger partial charge is 0.495 e. The van der Waals surface area contributed by atoms with Gasteiger partial charge in [-0.15, -0.1) is 0 Å². The van der Waals surface area contributed by atoms with E-state index in [0.29, 0.717) is 17.9 Å². The lowest BCUT2D eigenvalue weighted by Gasteiger charge is -2.32. The minimum Gasteiger partial charge on any atom is -0.489 e. The molecule has 0 N–H and O–H groups in total. The Bertz CT molecular complexity index is 757. The van der Waals surface area contributed by atoms with Crippen LogP contribution in [0.25, 0.3) is 0 Å². The molecule has 25 heavy (non-hydrogen) atoms. The van der Waals surface area contributed by atoms with Crippen LogP contribution in [0.5, 0.6) is 5.75 Å². The lowest BCUT2D eigenvalue weighted by atomic mass is 9.76. The van der Waals surface area contributed by atoms with E-state index in [0.717, 1.165) is 11.0 Å². The molecule has 1 aliphatic rings. The zero-order valence-electron chi connectivity index (χ0n) is 15.4. The fourth-order valence-electron chi connectivity index (χ4n) is 2.69. The van der Waals surface area contributed by atoms with E-state index in [4.69, 9.17) is 14.0 Å². The van der Waals surface area contributed by atoms with E-state index in [1.165, 1.54) is 6.07 Å². The van der Waals surface area contributed by atoms with E-state index in [-0.39, 0.29) is 5.82 Å². The summed E-state index contributed by atoms with van der Waals surface area (Å²) in [5.74, 6) is 0.239. The van der Waals surface area contributed by atoms with E-state index in [1.807, 2.05) is 52.0 Å². The maximum Gasteiger partial charge on any atom is 0.495 e. The van der Waals surface area contributed by atoms with Crippen LogP contribution in [-0.4, -0.2) is 18.3 Å². The highest BCUT2D eigenvalue weighted by atomic mass is 19.1. The normalized spacial score (nSPS) is 18.4. The van der Waals surface area contributed by atoms with Crippen LogP contribution in [0.3, 0.4) is 0 Å². The molecule has 3 nitrogen and oxygen atoms in total. The molecule has 0 saturated carbocycles. The van der Waals surface area contributed by atoms with Crippen LogP contribution in [0.15, 0.2) is 42.5 Å². The first-order chi connectivity index (χ1) is 11.7. The number of aryl methyl sites for hydroxylation is 1. The van der Waals surface area contributed by atoms with Gasteiger partial charge in [-0.2, -0.15) is 0 Å². The molecule has 0 bridgehead atoms. The van der Waals surface area contributed by atoms with Gasteiger partial charge in [-0.3, -0.25) is 0 Å². The Morgan fingerprint density at radius 3 is 2.28 bits per heavy atom. The van der Waals surface area contributed by atoms with Crippen LogP contribution in [0.1, 0.15) is 38.8 Å². The topological polar surface area (TPSA) is 27.7 Å². The zero-order valence-corrected chi connectivity index (χ0v) is 15.4. The number of hydrogen-bond acceptors (Lipinski definition) is 3. The molecule has 0 spiro atoms. The average Bonchev–Trinajstić information content (AvgIpc) is 2.77. The van der Waals surface area contributed by atoms with E-state index < -0.39 is 18.3 Å². The Morgan fingerprint density at radius 1 is 1.00 bits per heavy atom. The van der Waals surface area contributed by atoms with Crippen molar-refractivity contribution in [2.75, 3.05) is 0 Å². The van der Waals surface area contributed by atoms with Crippen molar-refractivity contribution in [3.05, 3.63) is 59.4 Å². The van der Waals surface area contributed by atoms with Gasteiger partial charge in [-0.25, -0.2) is 4.39 Å². The number of halogens is 1. The number of benzene rings is 2. The van der Waals surface area contributed by atoms with Crippen molar-refractivity contribution in [3.63, 3.8) is 0 Å². The van der Waals surface area contributed by atoms with E-state index in [1.54, 1.807) is 19.1 Å². The van der Waals surface area contributed by atoms with Gasteiger partial charge in [0.05, 0.1) is 11.2 Å². The lowest BCUT2D eigenvalue weighted by molar-refractivity contribution is 0.00578. The molecule has 5 heteroatoms. The van der Waals surface area contributed by atoms with Crippen molar-refractivity contribution >= 4 is 12.6 Å². The predicted molar refractivity (Wildman–Crippen MR) is 97.6 cm³/mol. The SMILES string of the molecule is Cc1ccc(OCc2ccccc2B2OC(C)(C)C(C)(C)O2)cc1F. The van der Waals surface area contributed by atoms with Gasteiger partial charge in [0, 0.05) is 6.07 Å². The average molecular weight is 342 g/mol. The fourth-order valence-corrected chi connectivity index (χ4v) is 2.69. The molecular weight excluding hydrogens is 318 g/mol. The van der Waals surface area contributed by atoms with Crippen molar-refractivity contribution in [1.82, 2.24) is 0 Å². The van der Waals surface area contributed by atoms with Crippen molar-refractivity contribution in [3.8, 4) is 5.75 Å². The van der Waals surface area contributed by atoms with Gasteiger partial charge in [0.25, 0.3) is 0 Å². The third kappa shape index (κ3) is 3.58. The number of rotatable bonds is 4. The molecule has 0 atom stereocenters. The summed E-state index contributed by atoms with van der Waals surface area (Å²) in [5.41, 5.74) is 1.71. The standard InChI is InChI=1S/C20H24BFO3/c1-14-10-11-16(12-18(14)22)23-13-15-8-6-7-9-17(15)21-24-19(2,3)20(4,5)25-21/h6-12H,13H2,1-5H3. The molecule has 1 heterocycles. The highest BCUT2D eigenvalue weighted by Gasteiger charge is 2.52. The molecule has 0 radical (unpaired) electrons. The summed E-state index contributed by atoms with van der Waals surface area (Å²) in [6.07, 6.45) is 0. The van der Waals surface area contributed by atoms with E-state index in [9.17, 15) is 4.39 Å². The summed E-state index contributed by atoms with van der Waals surface area (Å²) in [5, 5.41) is 0. The number of hydrogen-bond donors (Lipinski definition) is 0. The second kappa shape index (κ2) is 6.47. The molecule has 0 amide bonds. The quantitative estimate of drug-likeness (QED) is 0.786. The van der Waals surface area contributed by atoms with Gasteiger partial charge in [0.2, 0.25) is 0 Å².